The third-order valence-electron chi connectivity index (χ3n) is 9.74. The van der Waals surface area contributed by atoms with Gasteiger partial charge in [-0.25, -0.2) is 4.79 Å². The van der Waals surface area contributed by atoms with Gasteiger partial charge in [0.05, 0.1) is 17.2 Å². The van der Waals surface area contributed by atoms with Crippen LogP contribution in [-0.2, 0) is 36.6 Å². The van der Waals surface area contributed by atoms with Crippen LogP contribution in [0.5, 0.6) is 0 Å². The van der Waals surface area contributed by atoms with Crippen LogP contribution >= 0.6 is 11.6 Å². The Morgan fingerprint density at radius 1 is 1.04 bits per heavy atom. The van der Waals surface area contributed by atoms with E-state index in [2.05, 4.69) is 15.5 Å². The predicted molar refractivity (Wildman–Crippen MR) is 185 cm³/mol. The van der Waals surface area contributed by atoms with E-state index in [-0.39, 0.29) is 37.0 Å². The SMILES string of the molecule is CC(=O)N[C@@]1(C(=O)NC(C)(C)C)CN(CC2Cc3ccc(Cl)cc3CN2C(=O)OC(C)(C)C)C[C@@H]1CCCB1OC(C)(C)C(C)(C)O1. The molecule has 1 unspecified atom stereocenters. The summed E-state index contributed by atoms with van der Waals surface area (Å²) in [7, 11) is -0.339. The topological polar surface area (TPSA) is 109 Å². The summed E-state index contributed by atoms with van der Waals surface area (Å²) >= 11 is 6.33. The fourth-order valence-corrected chi connectivity index (χ4v) is 7.13. The first-order chi connectivity index (χ1) is 21.5. The van der Waals surface area contributed by atoms with Crippen molar-refractivity contribution >= 4 is 36.6 Å². The highest BCUT2D eigenvalue weighted by molar-refractivity contribution is 6.45. The zero-order valence-electron chi connectivity index (χ0n) is 30.3. The number of halogens is 1. The standard InChI is InChI=1S/C35H56BClN4O6/c1-23(42)38-35(29(43)39-31(2,3)4)22-40(20-26(35)13-12-16-36-46-33(8,9)34(10,11)47-36)21-28-18-24-14-15-27(37)17-25(24)19-41(28)30(44)45-32(5,6)7/h14-15,17,26,28H,12-13,16,18-22H2,1-11H3,(H,38,42)(H,39,43)/t26-,28?,35-/m0/s1. The lowest BCUT2D eigenvalue weighted by molar-refractivity contribution is -0.135. The molecule has 0 aromatic heterocycles. The second-order valence-corrected chi connectivity index (χ2v) is 17.2. The van der Waals surface area contributed by atoms with Crippen molar-refractivity contribution < 1.29 is 28.4 Å². The van der Waals surface area contributed by atoms with Crippen molar-refractivity contribution in [2.75, 3.05) is 19.6 Å². The summed E-state index contributed by atoms with van der Waals surface area (Å²) in [6, 6.07) is 5.61. The Morgan fingerprint density at radius 3 is 2.26 bits per heavy atom. The summed E-state index contributed by atoms with van der Waals surface area (Å²) in [4.78, 5) is 44.5. The largest absolute Gasteiger partial charge is 0.457 e. The summed E-state index contributed by atoms with van der Waals surface area (Å²) in [6.07, 6.45) is 2.34. The van der Waals surface area contributed by atoms with Crippen LogP contribution in [0.2, 0.25) is 11.3 Å². The Hall–Kier alpha value is -2.34. The monoisotopic (exact) mass is 674 g/mol. The van der Waals surface area contributed by atoms with Crippen LogP contribution in [0.25, 0.3) is 0 Å². The highest BCUT2D eigenvalue weighted by Crippen LogP contribution is 2.40. The molecule has 0 spiro atoms. The number of nitrogens with one attached hydrogen (secondary N) is 2. The van der Waals surface area contributed by atoms with Gasteiger partial charge in [0.15, 0.2) is 0 Å². The van der Waals surface area contributed by atoms with Crippen molar-refractivity contribution in [3.63, 3.8) is 0 Å². The number of likely N-dealkylation sites (tertiary alicyclic amines) is 1. The number of rotatable bonds is 8. The minimum atomic E-state index is -1.15. The van der Waals surface area contributed by atoms with Gasteiger partial charge < -0.3 is 24.7 Å². The van der Waals surface area contributed by atoms with E-state index in [0.29, 0.717) is 50.4 Å². The second kappa shape index (κ2) is 13.5. The molecule has 0 saturated carbocycles. The molecule has 10 nitrogen and oxygen atoms in total. The third kappa shape index (κ3) is 9.02. The number of carbonyl (C=O) groups excluding carboxylic acids is 3. The lowest BCUT2D eigenvalue weighted by Gasteiger charge is -2.40. The van der Waals surface area contributed by atoms with Crippen LogP contribution < -0.4 is 10.6 Å². The number of nitrogens with zero attached hydrogens (tertiary/aromatic N) is 2. The molecule has 1 aromatic carbocycles. The van der Waals surface area contributed by atoms with Gasteiger partial charge in [0.1, 0.15) is 11.1 Å². The minimum absolute atomic E-state index is 0.180. The molecule has 3 atom stereocenters. The quantitative estimate of drug-likeness (QED) is 0.346. The average molecular weight is 675 g/mol. The molecule has 3 heterocycles. The number of carbonyl (C=O) groups is 3. The predicted octanol–water partition coefficient (Wildman–Crippen LogP) is 5.60. The highest BCUT2D eigenvalue weighted by Gasteiger charge is 2.55. The average Bonchev–Trinajstić information content (AvgIpc) is 3.33. The number of benzene rings is 1. The molecule has 0 bridgehead atoms. The van der Waals surface area contributed by atoms with Crippen LogP contribution in [0.3, 0.4) is 0 Å². The molecule has 47 heavy (non-hydrogen) atoms. The van der Waals surface area contributed by atoms with Crippen molar-refractivity contribution in [3.8, 4) is 0 Å². The lowest BCUT2D eigenvalue weighted by atomic mass is 9.77. The van der Waals surface area contributed by atoms with E-state index in [1.807, 2.05) is 87.4 Å². The van der Waals surface area contributed by atoms with E-state index in [0.717, 1.165) is 17.5 Å². The first-order valence-electron chi connectivity index (χ1n) is 17.0. The van der Waals surface area contributed by atoms with Crippen LogP contribution in [0, 0.1) is 5.92 Å². The van der Waals surface area contributed by atoms with Crippen LogP contribution in [0.15, 0.2) is 18.2 Å². The van der Waals surface area contributed by atoms with Gasteiger partial charge in [-0.15, -0.1) is 0 Å². The molecule has 12 heteroatoms. The van der Waals surface area contributed by atoms with Gasteiger partial charge in [0.25, 0.3) is 0 Å². The summed E-state index contributed by atoms with van der Waals surface area (Å²) < 4.78 is 18.3. The summed E-state index contributed by atoms with van der Waals surface area (Å²) in [5.74, 6) is -0.637. The van der Waals surface area contributed by atoms with Gasteiger partial charge in [-0.1, -0.05) is 24.1 Å². The van der Waals surface area contributed by atoms with Gasteiger partial charge in [-0.2, -0.15) is 0 Å². The highest BCUT2D eigenvalue weighted by atomic mass is 35.5. The van der Waals surface area contributed by atoms with E-state index in [9.17, 15) is 14.4 Å². The van der Waals surface area contributed by atoms with Gasteiger partial charge in [0, 0.05) is 49.6 Å². The van der Waals surface area contributed by atoms with Crippen LogP contribution in [0.4, 0.5) is 4.79 Å². The molecule has 0 radical (unpaired) electrons. The van der Waals surface area contributed by atoms with Gasteiger partial charge in [-0.3, -0.25) is 19.4 Å². The zero-order chi connectivity index (χ0) is 35.2. The maximum absolute atomic E-state index is 14.2. The van der Waals surface area contributed by atoms with E-state index >= 15 is 0 Å². The van der Waals surface area contributed by atoms with E-state index in [1.54, 1.807) is 4.90 Å². The van der Waals surface area contributed by atoms with Crippen molar-refractivity contribution in [2.24, 2.45) is 5.92 Å². The number of hydrogen-bond acceptors (Lipinski definition) is 7. The molecule has 4 rings (SSSR count). The smallest absolute Gasteiger partial charge is 0.444 e. The van der Waals surface area contributed by atoms with Crippen molar-refractivity contribution in [3.05, 3.63) is 34.3 Å². The van der Waals surface area contributed by atoms with Crippen molar-refractivity contribution in [1.82, 2.24) is 20.4 Å². The molecule has 1 aromatic rings. The first kappa shape index (κ1) is 37.5. The summed E-state index contributed by atoms with van der Waals surface area (Å²) in [5.41, 5.74) is -1.000. The van der Waals surface area contributed by atoms with Gasteiger partial charge >= 0.3 is 13.2 Å². The first-order valence-corrected chi connectivity index (χ1v) is 17.3. The fourth-order valence-electron chi connectivity index (χ4n) is 6.94. The molecule has 0 aliphatic carbocycles. The van der Waals surface area contributed by atoms with E-state index < -0.39 is 27.9 Å². The van der Waals surface area contributed by atoms with Crippen molar-refractivity contribution in [2.45, 2.75) is 142 Å². The van der Waals surface area contributed by atoms with E-state index in [4.69, 9.17) is 25.6 Å². The number of hydrogen-bond donors (Lipinski definition) is 2. The third-order valence-corrected chi connectivity index (χ3v) is 9.97. The Kier molecular flexibility index (Phi) is 10.8. The molecular weight excluding hydrogens is 619 g/mol. The Labute approximate surface area is 287 Å². The Balaban J connectivity index is 1.60. The molecule has 3 aliphatic heterocycles. The van der Waals surface area contributed by atoms with Gasteiger partial charge in [0.2, 0.25) is 11.8 Å². The lowest BCUT2D eigenvalue weighted by Crippen LogP contribution is -2.65. The Morgan fingerprint density at radius 2 is 1.68 bits per heavy atom. The fraction of sp³-hybridized carbons (Fsp3) is 0.743. The summed E-state index contributed by atoms with van der Waals surface area (Å²) in [6.45, 7) is 22.8. The van der Waals surface area contributed by atoms with Gasteiger partial charge in [-0.05, 0) is 112 Å². The second-order valence-electron chi connectivity index (χ2n) is 16.7. The van der Waals surface area contributed by atoms with Crippen molar-refractivity contribution in [1.29, 1.82) is 0 Å². The summed E-state index contributed by atoms with van der Waals surface area (Å²) in [5, 5.41) is 6.89. The molecule has 2 saturated heterocycles. The zero-order valence-corrected chi connectivity index (χ0v) is 31.1. The Bertz CT molecular complexity index is 1330. The molecular formula is C35H56BClN4O6. The minimum Gasteiger partial charge on any atom is -0.444 e. The number of fused-ring (bicyclic) bond motifs is 1. The number of ether oxygens (including phenoxy) is 1. The molecule has 3 amide bonds. The number of amides is 3. The molecule has 3 aliphatic rings. The van der Waals surface area contributed by atoms with Crippen LogP contribution in [0.1, 0.15) is 100 Å². The maximum atomic E-state index is 14.2. The molecule has 2 fully saturated rings. The van der Waals surface area contributed by atoms with E-state index in [1.165, 1.54) is 6.92 Å². The molecule has 2 N–H and O–H groups in total. The normalized spacial score (nSPS) is 25.8. The molecule has 262 valence electrons. The van der Waals surface area contributed by atoms with Crippen LogP contribution in [-0.4, -0.2) is 88.4 Å². The maximum Gasteiger partial charge on any atom is 0.457 e.